The molecule has 1 fully saturated rings. The van der Waals surface area contributed by atoms with Gasteiger partial charge in [0.2, 0.25) is 5.91 Å². The number of amides is 1. The Labute approximate surface area is 114 Å². The largest absolute Gasteiger partial charge is 0.484 e. The van der Waals surface area contributed by atoms with Gasteiger partial charge in [-0.25, -0.2) is 0 Å². The van der Waals surface area contributed by atoms with Crippen LogP contribution in [0.2, 0.25) is 0 Å². The van der Waals surface area contributed by atoms with E-state index in [-0.39, 0.29) is 11.5 Å². The third kappa shape index (κ3) is 2.75. The molecule has 0 radical (unpaired) electrons. The number of nitrogens with zero attached hydrogens (tertiary/aromatic N) is 1. The molecule has 3 heteroatoms. The number of para-hydroxylation sites is 2. The Morgan fingerprint density at radius 3 is 2.84 bits per heavy atom. The number of carbonyl (C=O) groups excluding carboxylic acids is 1. The molecule has 102 valence electrons. The molecule has 3 nitrogen and oxygen atoms in total. The van der Waals surface area contributed by atoms with Gasteiger partial charge in [-0.3, -0.25) is 4.79 Å². The van der Waals surface area contributed by atoms with Crippen LogP contribution in [-0.4, -0.2) is 18.1 Å². The molecule has 1 amide bonds. The molecule has 1 aromatic carbocycles. The minimum atomic E-state index is -0.316. The Hall–Kier alpha value is -1.51. The van der Waals surface area contributed by atoms with Crippen molar-refractivity contribution in [2.45, 2.75) is 45.1 Å². The molecule has 0 spiro atoms. The van der Waals surface area contributed by atoms with Crippen molar-refractivity contribution in [2.24, 2.45) is 5.92 Å². The first kappa shape index (κ1) is 12.5. The molecule has 1 heterocycles. The summed E-state index contributed by atoms with van der Waals surface area (Å²) in [7, 11) is 0. The van der Waals surface area contributed by atoms with Crippen LogP contribution >= 0.6 is 0 Å². The molecule has 1 aromatic rings. The molecule has 0 aromatic heterocycles. The van der Waals surface area contributed by atoms with Gasteiger partial charge < -0.3 is 9.64 Å². The maximum Gasteiger partial charge on any atom is 0.227 e. The third-order valence-corrected chi connectivity index (χ3v) is 3.85. The van der Waals surface area contributed by atoms with Crippen molar-refractivity contribution in [3.05, 3.63) is 24.3 Å². The highest BCUT2D eigenvalue weighted by Gasteiger charge is 2.35. The van der Waals surface area contributed by atoms with Crippen molar-refractivity contribution in [3.63, 3.8) is 0 Å². The number of hydrogen-bond acceptors (Lipinski definition) is 2. The van der Waals surface area contributed by atoms with E-state index < -0.39 is 0 Å². The predicted octanol–water partition coefficient (Wildman–Crippen LogP) is 3.38. The number of ether oxygens (including phenoxy) is 1. The fourth-order valence-electron chi connectivity index (χ4n) is 2.65. The summed E-state index contributed by atoms with van der Waals surface area (Å²) in [5, 5.41) is 0. The van der Waals surface area contributed by atoms with E-state index in [0.29, 0.717) is 13.0 Å². The maximum atomic E-state index is 12.5. The Balaban J connectivity index is 1.80. The summed E-state index contributed by atoms with van der Waals surface area (Å²) in [4.78, 5) is 14.4. The zero-order valence-corrected chi connectivity index (χ0v) is 11.7. The van der Waals surface area contributed by atoms with Gasteiger partial charge in [0.1, 0.15) is 11.4 Å². The van der Waals surface area contributed by atoms with Gasteiger partial charge in [-0.1, -0.05) is 25.0 Å². The van der Waals surface area contributed by atoms with Gasteiger partial charge in [0.05, 0.1) is 12.2 Å². The highest BCUT2D eigenvalue weighted by atomic mass is 16.5. The van der Waals surface area contributed by atoms with E-state index in [2.05, 4.69) is 0 Å². The molecule has 1 saturated carbocycles. The molecule has 0 atom stereocenters. The van der Waals surface area contributed by atoms with E-state index in [0.717, 1.165) is 23.8 Å². The van der Waals surface area contributed by atoms with Crippen LogP contribution in [0.15, 0.2) is 24.3 Å². The van der Waals surface area contributed by atoms with Crippen molar-refractivity contribution in [2.75, 3.05) is 11.4 Å². The van der Waals surface area contributed by atoms with Crippen molar-refractivity contribution >= 4 is 11.6 Å². The zero-order valence-electron chi connectivity index (χ0n) is 11.7. The minimum absolute atomic E-state index is 0.232. The van der Waals surface area contributed by atoms with Crippen LogP contribution in [0, 0.1) is 5.92 Å². The molecule has 2 aliphatic rings. The van der Waals surface area contributed by atoms with Gasteiger partial charge >= 0.3 is 0 Å². The number of carbonyl (C=O) groups is 1. The van der Waals surface area contributed by atoms with Gasteiger partial charge in [-0.05, 0) is 38.3 Å². The molecule has 3 rings (SSSR count). The van der Waals surface area contributed by atoms with E-state index in [4.69, 9.17) is 4.74 Å². The van der Waals surface area contributed by atoms with Crippen LogP contribution in [0.25, 0.3) is 0 Å². The van der Waals surface area contributed by atoms with Gasteiger partial charge in [-0.2, -0.15) is 0 Å². The SMILES string of the molecule is CC1(C)CN(C(=O)CCC2CC2)c2ccccc2O1. The first-order chi connectivity index (χ1) is 9.05. The van der Waals surface area contributed by atoms with Crippen LogP contribution in [0.4, 0.5) is 5.69 Å². The number of hydrogen-bond donors (Lipinski definition) is 0. The number of rotatable bonds is 3. The van der Waals surface area contributed by atoms with Crippen LogP contribution in [-0.2, 0) is 4.79 Å². The van der Waals surface area contributed by atoms with E-state index in [1.165, 1.54) is 12.8 Å². The maximum absolute atomic E-state index is 12.5. The first-order valence-corrected chi connectivity index (χ1v) is 7.14. The lowest BCUT2D eigenvalue weighted by Gasteiger charge is -2.39. The highest BCUT2D eigenvalue weighted by molar-refractivity contribution is 5.95. The summed E-state index contributed by atoms with van der Waals surface area (Å²) in [5.74, 6) is 1.85. The molecule has 0 N–H and O–H groups in total. The second-order valence-corrected chi connectivity index (χ2v) is 6.29. The van der Waals surface area contributed by atoms with Gasteiger partial charge in [0.15, 0.2) is 0 Å². The van der Waals surface area contributed by atoms with Crippen molar-refractivity contribution in [1.82, 2.24) is 0 Å². The summed E-state index contributed by atoms with van der Waals surface area (Å²) < 4.78 is 5.94. The van der Waals surface area contributed by atoms with Crippen molar-refractivity contribution in [3.8, 4) is 5.75 Å². The second kappa shape index (κ2) is 4.55. The number of anilines is 1. The molecule has 0 saturated heterocycles. The lowest BCUT2D eigenvalue weighted by Crippen LogP contribution is -2.49. The summed E-state index contributed by atoms with van der Waals surface area (Å²) in [6, 6.07) is 7.83. The molecular weight excluding hydrogens is 238 g/mol. The summed E-state index contributed by atoms with van der Waals surface area (Å²) >= 11 is 0. The Morgan fingerprint density at radius 1 is 1.37 bits per heavy atom. The van der Waals surface area contributed by atoms with Crippen LogP contribution in [0.3, 0.4) is 0 Å². The molecule has 1 aliphatic carbocycles. The normalized spacial score (nSPS) is 20.6. The average Bonchev–Trinajstić information content (AvgIpc) is 3.18. The number of fused-ring (bicyclic) bond motifs is 1. The molecule has 1 aliphatic heterocycles. The fraction of sp³-hybridized carbons (Fsp3) is 0.562. The number of benzene rings is 1. The van der Waals surface area contributed by atoms with Crippen LogP contribution in [0.5, 0.6) is 5.75 Å². The van der Waals surface area contributed by atoms with E-state index >= 15 is 0 Å². The summed E-state index contributed by atoms with van der Waals surface area (Å²) in [6.45, 7) is 4.70. The standard InChI is InChI=1S/C16H21NO2/c1-16(2)11-17(15(18)10-9-12-7-8-12)13-5-3-4-6-14(13)19-16/h3-6,12H,7-11H2,1-2H3. The lowest BCUT2D eigenvalue weighted by molar-refractivity contribution is -0.119. The molecule has 0 bridgehead atoms. The Kier molecular flexibility index (Phi) is 3.00. The van der Waals surface area contributed by atoms with Crippen LogP contribution < -0.4 is 9.64 Å². The predicted molar refractivity (Wildman–Crippen MR) is 75.5 cm³/mol. The third-order valence-electron chi connectivity index (χ3n) is 3.85. The second-order valence-electron chi connectivity index (χ2n) is 6.29. The molecule has 0 unspecified atom stereocenters. The first-order valence-electron chi connectivity index (χ1n) is 7.14. The van der Waals surface area contributed by atoms with Crippen LogP contribution in [0.1, 0.15) is 39.5 Å². The Morgan fingerprint density at radius 2 is 2.11 bits per heavy atom. The molecule has 19 heavy (non-hydrogen) atoms. The van der Waals surface area contributed by atoms with Gasteiger partial charge in [0.25, 0.3) is 0 Å². The monoisotopic (exact) mass is 259 g/mol. The van der Waals surface area contributed by atoms with Crippen molar-refractivity contribution in [1.29, 1.82) is 0 Å². The Bertz CT molecular complexity index is 491. The highest BCUT2D eigenvalue weighted by Crippen LogP contribution is 2.38. The van der Waals surface area contributed by atoms with E-state index in [1.54, 1.807) is 0 Å². The van der Waals surface area contributed by atoms with E-state index in [1.807, 2.05) is 43.0 Å². The van der Waals surface area contributed by atoms with Gasteiger partial charge in [-0.15, -0.1) is 0 Å². The topological polar surface area (TPSA) is 29.5 Å². The summed E-state index contributed by atoms with van der Waals surface area (Å²) in [6.07, 6.45) is 4.31. The van der Waals surface area contributed by atoms with Gasteiger partial charge in [0, 0.05) is 6.42 Å². The minimum Gasteiger partial charge on any atom is -0.484 e. The summed E-state index contributed by atoms with van der Waals surface area (Å²) in [5.41, 5.74) is 0.603. The van der Waals surface area contributed by atoms with E-state index in [9.17, 15) is 4.79 Å². The zero-order chi connectivity index (χ0) is 13.5. The molecular formula is C16H21NO2. The fourth-order valence-corrected chi connectivity index (χ4v) is 2.65. The quantitative estimate of drug-likeness (QED) is 0.832. The average molecular weight is 259 g/mol. The van der Waals surface area contributed by atoms with Crippen molar-refractivity contribution < 1.29 is 9.53 Å². The lowest BCUT2D eigenvalue weighted by atomic mass is 10.0. The smallest absolute Gasteiger partial charge is 0.227 e.